The molecule has 0 radical (unpaired) electrons. The molecule has 2 heterocycles. The first-order valence-corrected chi connectivity index (χ1v) is 9.87. The van der Waals surface area contributed by atoms with Gasteiger partial charge in [0.05, 0.1) is 16.5 Å². The minimum Gasteiger partial charge on any atom is -0.507 e. The summed E-state index contributed by atoms with van der Waals surface area (Å²) in [5, 5.41) is 21.5. The Bertz CT molecular complexity index is 1120. The van der Waals surface area contributed by atoms with Crippen molar-refractivity contribution in [3.63, 3.8) is 0 Å². The molecular weight excluding hydrogens is 441 g/mol. The van der Waals surface area contributed by atoms with Crippen molar-refractivity contribution in [1.29, 1.82) is 0 Å². The molecule has 2 N–H and O–H groups in total. The first kappa shape index (κ1) is 20.5. The number of phenols is 1. The average Bonchev–Trinajstić information content (AvgIpc) is 3.08. The summed E-state index contributed by atoms with van der Waals surface area (Å²) in [5.74, 6) is -1.56. The zero-order valence-corrected chi connectivity index (χ0v) is 16.9. The number of allylic oxidation sites excluding steroid dienone is 2. The van der Waals surface area contributed by atoms with E-state index in [-0.39, 0.29) is 26.8 Å². The van der Waals surface area contributed by atoms with Crippen LogP contribution in [0.15, 0.2) is 58.4 Å². The number of hydrogen-bond donors (Lipinski definition) is 2. The molecule has 11 heteroatoms. The molecular formula is C19H14ClF3N4O2S. The molecule has 0 bridgehead atoms. The van der Waals surface area contributed by atoms with Crippen molar-refractivity contribution in [1.82, 2.24) is 20.1 Å². The second kappa shape index (κ2) is 7.51. The van der Waals surface area contributed by atoms with Gasteiger partial charge in [-0.3, -0.25) is 4.79 Å². The Morgan fingerprint density at radius 3 is 2.77 bits per heavy atom. The topological polar surface area (TPSA) is 80.0 Å². The highest BCUT2D eigenvalue weighted by Gasteiger charge is 2.41. The largest absolute Gasteiger partial charge is 0.507 e. The molecule has 30 heavy (non-hydrogen) atoms. The van der Waals surface area contributed by atoms with Gasteiger partial charge in [-0.15, -0.1) is 10.2 Å². The molecule has 1 aliphatic carbocycles. The third kappa shape index (κ3) is 3.72. The van der Waals surface area contributed by atoms with Crippen molar-refractivity contribution >= 4 is 34.8 Å². The fraction of sp³-hybridized carbons (Fsp3) is 0.211. The molecule has 0 saturated carbocycles. The van der Waals surface area contributed by atoms with Crippen LogP contribution in [0.2, 0.25) is 5.02 Å². The van der Waals surface area contributed by atoms with Crippen molar-refractivity contribution in [2.24, 2.45) is 13.0 Å². The van der Waals surface area contributed by atoms with E-state index in [2.05, 4.69) is 15.5 Å². The highest BCUT2D eigenvalue weighted by atomic mass is 35.5. The smallest absolute Gasteiger partial charge is 0.416 e. The summed E-state index contributed by atoms with van der Waals surface area (Å²) >= 11 is 7.04. The minimum atomic E-state index is -4.55. The highest BCUT2D eigenvalue weighted by molar-refractivity contribution is 8.04. The lowest BCUT2D eigenvalue weighted by Gasteiger charge is -2.35. The van der Waals surface area contributed by atoms with Crippen molar-refractivity contribution in [3.8, 4) is 5.75 Å². The number of rotatable bonds is 3. The van der Waals surface area contributed by atoms with Crippen LogP contribution in [0.5, 0.6) is 5.75 Å². The van der Waals surface area contributed by atoms with Gasteiger partial charge in [-0.05, 0) is 35.5 Å². The van der Waals surface area contributed by atoms with Gasteiger partial charge in [0.1, 0.15) is 12.1 Å². The zero-order valence-electron chi connectivity index (χ0n) is 15.3. The first-order valence-electron chi connectivity index (χ1n) is 8.68. The number of benzene rings is 1. The number of nitrogens with zero attached hydrogens (tertiary/aromatic N) is 3. The zero-order chi connectivity index (χ0) is 21.6. The van der Waals surface area contributed by atoms with E-state index in [9.17, 15) is 23.1 Å². The van der Waals surface area contributed by atoms with E-state index in [1.54, 1.807) is 11.6 Å². The molecule has 6 nitrogen and oxygen atoms in total. The number of carbonyl (C=O) groups is 1. The van der Waals surface area contributed by atoms with Gasteiger partial charge in [0.15, 0.2) is 5.16 Å². The highest BCUT2D eigenvalue weighted by Crippen LogP contribution is 2.46. The standard InChI is InChI=1S/C19H14ClF3N4O2S/c1-27-8-24-26-18(27)30-16-15(12-7-10(20)3-5-14(12)28)11-6-9(19(21,22)23)2-4-13(11)25-17(16)29/h2-8,11,13,28H,1H3,(H,25,29). The number of aryl methyl sites for hydroxylation is 1. The van der Waals surface area contributed by atoms with E-state index in [1.165, 1.54) is 30.6 Å². The molecule has 2 aromatic rings. The van der Waals surface area contributed by atoms with Gasteiger partial charge in [-0.25, -0.2) is 0 Å². The molecule has 156 valence electrons. The summed E-state index contributed by atoms with van der Waals surface area (Å²) in [6, 6.07) is 3.51. The quantitative estimate of drug-likeness (QED) is 0.736. The predicted molar refractivity (Wildman–Crippen MR) is 106 cm³/mol. The predicted octanol–water partition coefficient (Wildman–Crippen LogP) is 3.85. The van der Waals surface area contributed by atoms with Crippen LogP contribution in [0, 0.1) is 5.92 Å². The van der Waals surface area contributed by atoms with E-state index in [4.69, 9.17) is 11.6 Å². The Hall–Kier alpha value is -2.72. The number of aromatic nitrogens is 3. The summed E-state index contributed by atoms with van der Waals surface area (Å²) in [4.78, 5) is 13.0. The van der Waals surface area contributed by atoms with Gasteiger partial charge in [-0.2, -0.15) is 13.2 Å². The molecule has 1 aromatic carbocycles. The normalized spacial score (nSPS) is 21.4. The van der Waals surface area contributed by atoms with Gasteiger partial charge in [0.2, 0.25) is 0 Å². The average molecular weight is 455 g/mol. The lowest BCUT2D eigenvalue weighted by Crippen LogP contribution is -2.45. The number of aromatic hydroxyl groups is 1. The molecule has 2 atom stereocenters. The molecule has 1 aromatic heterocycles. The van der Waals surface area contributed by atoms with Gasteiger partial charge < -0.3 is 15.0 Å². The molecule has 2 aliphatic rings. The Morgan fingerprint density at radius 1 is 1.33 bits per heavy atom. The number of amides is 1. The summed E-state index contributed by atoms with van der Waals surface area (Å²) in [6.45, 7) is 0. The van der Waals surface area contributed by atoms with E-state index in [1.807, 2.05) is 0 Å². The molecule has 1 aliphatic heterocycles. The number of hydrogen-bond acceptors (Lipinski definition) is 5. The maximum Gasteiger partial charge on any atom is 0.416 e. The van der Waals surface area contributed by atoms with Crippen molar-refractivity contribution < 1.29 is 23.1 Å². The molecule has 2 unspecified atom stereocenters. The van der Waals surface area contributed by atoms with E-state index >= 15 is 0 Å². The maximum atomic E-state index is 13.4. The van der Waals surface area contributed by atoms with Crippen LogP contribution in [-0.2, 0) is 11.8 Å². The van der Waals surface area contributed by atoms with Crippen molar-refractivity contribution in [2.75, 3.05) is 0 Å². The van der Waals surface area contributed by atoms with Crippen LogP contribution >= 0.6 is 23.4 Å². The van der Waals surface area contributed by atoms with Gasteiger partial charge >= 0.3 is 6.18 Å². The monoisotopic (exact) mass is 454 g/mol. The van der Waals surface area contributed by atoms with Crippen molar-refractivity contribution in [2.45, 2.75) is 17.4 Å². The van der Waals surface area contributed by atoms with Gasteiger partial charge in [0, 0.05) is 23.6 Å². The lowest BCUT2D eigenvalue weighted by molar-refractivity contribution is -0.117. The van der Waals surface area contributed by atoms with Crippen LogP contribution in [0.4, 0.5) is 13.2 Å². The summed E-state index contributed by atoms with van der Waals surface area (Å²) in [5.41, 5.74) is -0.408. The van der Waals surface area contributed by atoms with Crippen LogP contribution in [0.3, 0.4) is 0 Å². The summed E-state index contributed by atoms with van der Waals surface area (Å²) in [7, 11) is 1.67. The van der Waals surface area contributed by atoms with E-state index < -0.39 is 29.6 Å². The van der Waals surface area contributed by atoms with Gasteiger partial charge in [0.25, 0.3) is 5.91 Å². The number of carbonyl (C=O) groups excluding carboxylic acids is 1. The Balaban J connectivity index is 1.95. The number of halogens is 4. The SMILES string of the molecule is Cn1cnnc1SC1=C(c2cc(Cl)ccc2O)C2C=C(C(F)(F)F)C=CC2NC1=O. The van der Waals surface area contributed by atoms with E-state index in [0.29, 0.717) is 5.16 Å². The maximum absolute atomic E-state index is 13.4. The number of nitrogens with one attached hydrogen (secondary N) is 1. The number of thioether (sulfide) groups is 1. The Kier molecular flexibility index (Phi) is 5.15. The fourth-order valence-electron chi connectivity index (χ4n) is 3.34. The van der Waals surface area contributed by atoms with Crippen LogP contribution < -0.4 is 5.32 Å². The third-order valence-corrected chi connectivity index (χ3v) is 6.15. The number of phenolic OH excluding ortho intramolecular Hbond substituents is 1. The molecule has 0 saturated heterocycles. The number of fused-ring (bicyclic) bond motifs is 1. The Labute approximate surface area is 178 Å². The lowest BCUT2D eigenvalue weighted by atomic mass is 9.79. The van der Waals surface area contributed by atoms with Crippen LogP contribution in [-0.4, -0.2) is 38.0 Å². The van der Waals surface area contributed by atoms with Crippen molar-refractivity contribution in [3.05, 3.63) is 63.8 Å². The number of alkyl halides is 3. The summed E-state index contributed by atoms with van der Waals surface area (Å²) in [6.07, 6.45) is 0.181. The molecule has 0 fully saturated rings. The summed E-state index contributed by atoms with van der Waals surface area (Å²) < 4.78 is 41.7. The Morgan fingerprint density at radius 2 is 2.10 bits per heavy atom. The molecule has 1 amide bonds. The first-order chi connectivity index (χ1) is 14.1. The van der Waals surface area contributed by atoms with Crippen LogP contribution in [0.25, 0.3) is 5.57 Å². The second-order valence-corrected chi connectivity index (χ2v) is 8.15. The van der Waals surface area contributed by atoms with Gasteiger partial charge in [-0.1, -0.05) is 29.8 Å². The fourth-order valence-corrected chi connectivity index (χ4v) is 4.48. The third-order valence-electron chi connectivity index (χ3n) is 4.75. The molecule has 4 rings (SSSR count). The van der Waals surface area contributed by atoms with E-state index in [0.717, 1.165) is 23.9 Å². The second-order valence-electron chi connectivity index (χ2n) is 6.73. The molecule has 0 spiro atoms. The van der Waals surface area contributed by atoms with Crippen LogP contribution in [0.1, 0.15) is 5.56 Å². The minimum absolute atomic E-state index is 0.109.